The summed E-state index contributed by atoms with van der Waals surface area (Å²) in [6.07, 6.45) is 6.12. The van der Waals surface area contributed by atoms with Crippen molar-refractivity contribution in [2.24, 2.45) is 0 Å². The highest BCUT2D eigenvalue weighted by Crippen LogP contribution is 2.24. The van der Waals surface area contributed by atoms with Crippen LogP contribution < -0.4 is 10.2 Å². The topological polar surface area (TPSA) is 87.4 Å². The number of furan rings is 1. The number of pyridine rings is 1. The van der Waals surface area contributed by atoms with E-state index in [2.05, 4.69) is 61.5 Å². The molecule has 5 rings (SSSR count). The van der Waals surface area contributed by atoms with Crippen LogP contribution in [0.2, 0.25) is 0 Å². The SMILES string of the molecule is Cc1cc(N2CCN(C/C=C/c3ccccc3)CC2)nc(SCc2ccc(C(=O)NCc3ccccn3)o2)n1. The number of nitrogens with one attached hydrogen (secondary N) is 1. The summed E-state index contributed by atoms with van der Waals surface area (Å²) in [7, 11) is 0. The number of thioether (sulfide) groups is 1. The van der Waals surface area contributed by atoms with Crippen LogP contribution in [0.5, 0.6) is 0 Å². The number of hydrogen-bond acceptors (Lipinski definition) is 8. The van der Waals surface area contributed by atoms with Crippen molar-refractivity contribution in [1.29, 1.82) is 0 Å². The highest BCUT2D eigenvalue weighted by atomic mass is 32.2. The molecule has 1 aliphatic heterocycles. The lowest BCUT2D eigenvalue weighted by Gasteiger charge is -2.35. The van der Waals surface area contributed by atoms with Gasteiger partial charge in [0.2, 0.25) is 0 Å². The standard InChI is InChI=1S/C30H32N6O2S/c1-23-20-28(36-18-16-35(17-19-36)15-7-10-24-8-3-2-4-9-24)34-30(33-23)39-22-26-12-13-27(38-26)29(37)32-21-25-11-5-6-14-31-25/h2-14,20H,15-19,21-22H2,1H3,(H,32,37)/b10-7+. The first-order valence-electron chi connectivity index (χ1n) is 13.1. The summed E-state index contributed by atoms with van der Waals surface area (Å²) in [6, 6.07) is 21.6. The molecule has 0 unspecified atom stereocenters. The van der Waals surface area contributed by atoms with Gasteiger partial charge in [-0.2, -0.15) is 0 Å². The van der Waals surface area contributed by atoms with E-state index in [1.54, 1.807) is 12.3 Å². The Morgan fingerprint density at radius 2 is 1.85 bits per heavy atom. The van der Waals surface area contributed by atoms with E-state index in [1.807, 2.05) is 43.3 Å². The predicted octanol–water partition coefficient (Wildman–Crippen LogP) is 4.83. The Morgan fingerprint density at radius 1 is 1.03 bits per heavy atom. The molecule has 9 heteroatoms. The molecule has 0 aliphatic carbocycles. The lowest BCUT2D eigenvalue weighted by atomic mass is 10.2. The van der Waals surface area contributed by atoms with E-state index in [4.69, 9.17) is 9.40 Å². The maximum Gasteiger partial charge on any atom is 0.287 e. The van der Waals surface area contributed by atoms with Crippen LogP contribution in [0.15, 0.2) is 88.6 Å². The predicted molar refractivity (Wildman–Crippen MR) is 155 cm³/mol. The van der Waals surface area contributed by atoms with Crippen molar-refractivity contribution in [3.05, 3.63) is 107 Å². The highest BCUT2D eigenvalue weighted by Gasteiger charge is 2.19. The van der Waals surface area contributed by atoms with Gasteiger partial charge in [0, 0.05) is 50.7 Å². The van der Waals surface area contributed by atoms with E-state index in [-0.39, 0.29) is 11.7 Å². The monoisotopic (exact) mass is 540 g/mol. The number of benzene rings is 1. The van der Waals surface area contributed by atoms with Gasteiger partial charge in [-0.3, -0.25) is 14.7 Å². The fourth-order valence-electron chi connectivity index (χ4n) is 4.29. The average molecular weight is 541 g/mol. The molecule has 39 heavy (non-hydrogen) atoms. The zero-order valence-corrected chi connectivity index (χ0v) is 22.8. The van der Waals surface area contributed by atoms with E-state index in [9.17, 15) is 4.79 Å². The number of hydrogen-bond donors (Lipinski definition) is 1. The second-order valence-corrected chi connectivity index (χ2v) is 10.3. The summed E-state index contributed by atoms with van der Waals surface area (Å²) in [4.78, 5) is 30.9. The van der Waals surface area contributed by atoms with Gasteiger partial charge >= 0.3 is 0 Å². The minimum atomic E-state index is -0.263. The zero-order chi connectivity index (χ0) is 26.9. The number of anilines is 1. The van der Waals surface area contributed by atoms with Crippen LogP contribution in [-0.4, -0.2) is 58.5 Å². The largest absolute Gasteiger partial charge is 0.455 e. The first kappa shape index (κ1) is 26.6. The number of piperazine rings is 1. The van der Waals surface area contributed by atoms with Gasteiger partial charge in [-0.05, 0) is 36.8 Å². The highest BCUT2D eigenvalue weighted by molar-refractivity contribution is 7.98. The van der Waals surface area contributed by atoms with E-state index in [0.717, 1.165) is 49.9 Å². The van der Waals surface area contributed by atoms with Crippen LogP contribution in [0.3, 0.4) is 0 Å². The van der Waals surface area contributed by atoms with Crippen LogP contribution in [0.4, 0.5) is 5.82 Å². The van der Waals surface area contributed by atoms with E-state index in [0.29, 0.717) is 23.2 Å². The number of aromatic nitrogens is 3. The van der Waals surface area contributed by atoms with Gasteiger partial charge in [0.05, 0.1) is 18.0 Å². The molecule has 1 aliphatic rings. The molecule has 200 valence electrons. The molecule has 4 heterocycles. The zero-order valence-electron chi connectivity index (χ0n) is 22.0. The number of carbonyl (C=O) groups is 1. The summed E-state index contributed by atoms with van der Waals surface area (Å²) < 4.78 is 5.77. The van der Waals surface area contributed by atoms with Gasteiger partial charge in [-0.1, -0.05) is 60.3 Å². The van der Waals surface area contributed by atoms with Gasteiger partial charge < -0.3 is 14.6 Å². The van der Waals surface area contributed by atoms with Crippen molar-refractivity contribution in [2.75, 3.05) is 37.6 Å². The molecule has 1 amide bonds. The number of rotatable bonds is 10. The van der Waals surface area contributed by atoms with E-state index < -0.39 is 0 Å². The Bertz CT molecular complexity index is 1390. The molecule has 0 bridgehead atoms. The van der Waals surface area contributed by atoms with Crippen LogP contribution in [-0.2, 0) is 12.3 Å². The minimum Gasteiger partial charge on any atom is -0.455 e. The lowest BCUT2D eigenvalue weighted by Crippen LogP contribution is -2.46. The molecule has 1 N–H and O–H groups in total. The van der Waals surface area contributed by atoms with Gasteiger partial charge in [-0.25, -0.2) is 9.97 Å². The van der Waals surface area contributed by atoms with Crippen LogP contribution in [0, 0.1) is 6.92 Å². The number of carbonyl (C=O) groups excluding carboxylic acids is 1. The van der Waals surface area contributed by atoms with Crippen molar-refractivity contribution in [3.8, 4) is 0 Å². The second kappa shape index (κ2) is 13.2. The molecule has 0 saturated carbocycles. The Kier molecular flexibility index (Phi) is 9.03. The summed E-state index contributed by atoms with van der Waals surface area (Å²) >= 11 is 1.51. The van der Waals surface area contributed by atoms with Crippen molar-refractivity contribution < 1.29 is 9.21 Å². The molecule has 4 aromatic rings. The normalized spacial score (nSPS) is 14.1. The second-order valence-electron chi connectivity index (χ2n) is 9.31. The number of amides is 1. The van der Waals surface area contributed by atoms with Gasteiger partial charge in [0.1, 0.15) is 11.6 Å². The van der Waals surface area contributed by atoms with Crippen LogP contribution in [0.25, 0.3) is 6.08 Å². The summed E-state index contributed by atoms with van der Waals surface area (Å²) in [5, 5.41) is 3.54. The number of aryl methyl sites for hydroxylation is 1. The van der Waals surface area contributed by atoms with Crippen molar-refractivity contribution in [1.82, 2.24) is 25.2 Å². The van der Waals surface area contributed by atoms with Gasteiger partial charge in [-0.15, -0.1) is 0 Å². The van der Waals surface area contributed by atoms with Crippen molar-refractivity contribution in [3.63, 3.8) is 0 Å². The maximum absolute atomic E-state index is 12.4. The summed E-state index contributed by atoms with van der Waals surface area (Å²) in [5.41, 5.74) is 2.96. The molecule has 1 saturated heterocycles. The molecule has 0 atom stereocenters. The molecule has 3 aromatic heterocycles. The Morgan fingerprint density at radius 3 is 2.64 bits per heavy atom. The van der Waals surface area contributed by atoms with Crippen molar-refractivity contribution >= 4 is 29.6 Å². The molecule has 1 fully saturated rings. The van der Waals surface area contributed by atoms with Gasteiger partial charge in [0.15, 0.2) is 10.9 Å². The summed E-state index contributed by atoms with van der Waals surface area (Å²) in [5.74, 6) is 2.22. The first-order chi connectivity index (χ1) is 19.1. The first-order valence-corrected chi connectivity index (χ1v) is 14.1. The third kappa shape index (κ3) is 7.78. The minimum absolute atomic E-state index is 0.263. The van der Waals surface area contributed by atoms with Crippen LogP contribution >= 0.6 is 11.8 Å². The van der Waals surface area contributed by atoms with E-state index in [1.165, 1.54) is 17.3 Å². The molecule has 8 nitrogen and oxygen atoms in total. The Hall–Kier alpha value is -3.95. The third-order valence-electron chi connectivity index (χ3n) is 6.38. The van der Waals surface area contributed by atoms with Crippen LogP contribution in [0.1, 0.15) is 33.3 Å². The fourth-order valence-corrected chi connectivity index (χ4v) is 5.08. The molecule has 0 radical (unpaired) electrons. The lowest BCUT2D eigenvalue weighted by molar-refractivity contribution is 0.0921. The Labute approximate surface area is 233 Å². The average Bonchev–Trinajstić information content (AvgIpc) is 3.45. The quantitative estimate of drug-likeness (QED) is 0.226. The maximum atomic E-state index is 12.4. The molecular formula is C30H32N6O2S. The smallest absolute Gasteiger partial charge is 0.287 e. The fraction of sp³-hybridized carbons (Fsp3) is 0.267. The summed E-state index contributed by atoms with van der Waals surface area (Å²) in [6.45, 7) is 7.12. The Balaban J connectivity index is 1.10. The molecule has 1 aromatic carbocycles. The number of nitrogens with zero attached hydrogens (tertiary/aromatic N) is 5. The third-order valence-corrected chi connectivity index (χ3v) is 7.24. The molecular weight excluding hydrogens is 508 g/mol. The molecule has 0 spiro atoms. The van der Waals surface area contributed by atoms with Gasteiger partial charge in [0.25, 0.3) is 5.91 Å². The van der Waals surface area contributed by atoms with Crippen molar-refractivity contribution in [2.45, 2.75) is 24.4 Å². The van der Waals surface area contributed by atoms with E-state index >= 15 is 0 Å².